The van der Waals surface area contributed by atoms with Crippen LogP contribution in [-0.2, 0) is 4.74 Å². The second-order valence-electron chi connectivity index (χ2n) is 3.75. The Morgan fingerprint density at radius 1 is 1.38 bits per heavy atom. The number of rotatable bonds is 8. The van der Waals surface area contributed by atoms with E-state index in [0.717, 1.165) is 38.2 Å². The van der Waals surface area contributed by atoms with Crippen molar-refractivity contribution < 1.29 is 4.74 Å². The van der Waals surface area contributed by atoms with E-state index in [1.54, 1.807) is 19.5 Å². The van der Waals surface area contributed by atoms with Crippen LogP contribution in [0.25, 0.3) is 0 Å². The van der Waals surface area contributed by atoms with E-state index in [0.29, 0.717) is 0 Å². The summed E-state index contributed by atoms with van der Waals surface area (Å²) in [5, 5.41) is 3.46. The van der Waals surface area contributed by atoms with E-state index in [1.165, 1.54) is 0 Å². The molecule has 1 rings (SSSR count). The fourth-order valence-electron chi connectivity index (χ4n) is 1.56. The van der Waals surface area contributed by atoms with Crippen molar-refractivity contribution in [3.05, 3.63) is 24.3 Å². The van der Waals surface area contributed by atoms with Gasteiger partial charge in [0.25, 0.3) is 0 Å². The van der Waals surface area contributed by atoms with Gasteiger partial charge in [0.1, 0.15) is 5.82 Å². The Hall–Kier alpha value is -1.00. The average Bonchev–Trinajstić information content (AvgIpc) is 2.35. The molecular weight excluding hydrogens is 202 g/mol. The molecule has 1 N–H and O–H groups in total. The van der Waals surface area contributed by atoms with Crippen molar-refractivity contribution in [3.63, 3.8) is 0 Å². The fourth-order valence-corrected chi connectivity index (χ4v) is 1.56. The molecule has 0 bridgehead atoms. The molecule has 1 aromatic heterocycles. The number of nitrogens with zero attached hydrogens (tertiary/aromatic N) is 2. The monoisotopic (exact) mass is 223 g/mol. The van der Waals surface area contributed by atoms with Gasteiger partial charge >= 0.3 is 0 Å². The predicted octanol–water partition coefficient (Wildman–Crippen LogP) is 1.94. The van der Waals surface area contributed by atoms with Crippen LogP contribution in [0.5, 0.6) is 0 Å². The van der Waals surface area contributed by atoms with Crippen LogP contribution in [0.3, 0.4) is 0 Å². The molecule has 0 saturated carbocycles. The molecule has 16 heavy (non-hydrogen) atoms. The lowest BCUT2D eigenvalue weighted by Crippen LogP contribution is -2.24. The smallest absolute Gasteiger partial charge is 0.145 e. The molecule has 0 saturated heterocycles. The molecule has 0 radical (unpaired) electrons. The second kappa shape index (κ2) is 8.19. The highest BCUT2D eigenvalue weighted by atomic mass is 16.5. The summed E-state index contributed by atoms with van der Waals surface area (Å²) in [5.74, 6) is 0.882. The highest BCUT2D eigenvalue weighted by molar-refractivity contribution is 4.95. The maximum Gasteiger partial charge on any atom is 0.145 e. The highest BCUT2D eigenvalue weighted by Crippen LogP contribution is 2.13. The van der Waals surface area contributed by atoms with Crippen LogP contribution in [-0.4, -0.2) is 30.2 Å². The summed E-state index contributed by atoms with van der Waals surface area (Å²) in [6, 6.07) is 2.09. The van der Waals surface area contributed by atoms with E-state index in [1.807, 2.05) is 6.07 Å². The Kier molecular flexibility index (Phi) is 6.69. The molecule has 1 aromatic rings. The average molecular weight is 223 g/mol. The largest absolute Gasteiger partial charge is 0.385 e. The van der Waals surface area contributed by atoms with Crippen molar-refractivity contribution in [3.8, 4) is 0 Å². The van der Waals surface area contributed by atoms with Gasteiger partial charge in [-0.15, -0.1) is 0 Å². The first kappa shape index (κ1) is 13.1. The molecule has 0 aliphatic carbocycles. The van der Waals surface area contributed by atoms with Gasteiger partial charge in [0.05, 0.1) is 6.04 Å². The van der Waals surface area contributed by atoms with Gasteiger partial charge < -0.3 is 10.1 Å². The SMILES string of the molecule is CCCNC(CCCOC)c1ncccn1. The normalized spacial score (nSPS) is 12.6. The zero-order chi connectivity index (χ0) is 11.6. The van der Waals surface area contributed by atoms with Crippen LogP contribution in [0, 0.1) is 0 Å². The Bertz CT molecular complexity index is 266. The first-order chi connectivity index (χ1) is 7.88. The van der Waals surface area contributed by atoms with E-state index in [9.17, 15) is 0 Å². The summed E-state index contributed by atoms with van der Waals surface area (Å²) in [5.41, 5.74) is 0. The minimum atomic E-state index is 0.247. The first-order valence-electron chi connectivity index (χ1n) is 5.87. The minimum absolute atomic E-state index is 0.247. The van der Waals surface area contributed by atoms with Gasteiger partial charge in [-0.25, -0.2) is 9.97 Å². The van der Waals surface area contributed by atoms with Crippen LogP contribution >= 0.6 is 0 Å². The van der Waals surface area contributed by atoms with Crippen LogP contribution in [0.1, 0.15) is 38.1 Å². The number of nitrogens with one attached hydrogen (secondary N) is 1. The van der Waals surface area contributed by atoms with Gasteiger partial charge in [0.15, 0.2) is 0 Å². The van der Waals surface area contributed by atoms with E-state index in [2.05, 4.69) is 22.2 Å². The van der Waals surface area contributed by atoms with Crippen molar-refractivity contribution in [2.24, 2.45) is 0 Å². The molecule has 1 heterocycles. The summed E-state index contributed by atoms with van der Waals surface area (Å²) >= 11 is 0. The fraction of sp³-hybridized carbons (Fsp3) is 0.667. The molecule has 0 fully saturated rings. The molecule has 4 heteroatoms. The number of methoxy groups -OCH3 is 1. The van der Waals surface area contributed by atoms with Crippen LogP contribution in [0.15, 0.2) is 18.5 Å². The molecule has 4 nitrogen and oxygen atoms in total. The van der Waals surface area contributed by atoms with Crippen LogP contribution < -0.4 is 5.32 Å². The molecule has 1 unspecified atom stereocenters. The molecular formula is C12H21N3O. The molecule has 0 spiro atoms. The standard InChI is InChI=1S/C12H21N3O/c1-3-7-13-11(6-4-10-16-2)12-14-8-5-9-15-12/h5,8-9,11,13H,3-4,6-7,10H2,1-2H3. The third kappa shape index (κ3) is 4.68. The Morgan fingerprint density at radius 3 is 2.75 bits per heavy atom. The van der Waals surface area contributed by atoms with Crippen LogP contribution in [0.2, 0.25) is 0 Å². The first-order valence-corrected chi connectivity index (χ1v) is 5.87. The zero-order valence-corrected chi connectivity index (χ0v) is 10.1. The Morgan fingerprint density at radius 2 is 2.12 bits per heavy atom. The third-order valence-corrected chi connectivity index (χ3v) is 2.38. The lowest BCUT2D eigenvalue weighted by atomic mass is 10.1. The second-order valence-corrected chi connectivity index (χ2v) is 3.75. The summed E-state index contributed by atoms with van der Waals surface area (Å²) in [4.78, 5) is 8.59. The van der Waals surface area contributed by atoms with Gasteiger partial charge in [-0.1, -0.05) is 6.92 Å². The molecule has 1 atom stereocenters. The summed E-state index contributed by atoms with van der Waals surface area (Å²) in [6.07, 6.45) is 6.74. The topological polar surface area (TPSA) is 47.0 Å². The van der Waals surface area contributed by atoms with Gasteiger partial charge in [0.2, 0.25) is 0 Å². The van der Waals surface area contributed by atoms with E-state index in [-0.39, 0.29) is 6.04 Å². The van der Waals surface area contributed by atoms with Crippen molar-refractivity contribution >= 4 is 0 Å². The van der Waals surface area contributed by atoms with Crippen LogP contribution in [0.4, 0.5) is 0 Å². The maximum absolute atomic E-state index is 5.06. The number of ether oxygens (including phenoxy) is 1. The van der Waals surface area contributed by atoms with E-state index < -0.39 is 0 Å². The number of hydrogen-bond acceptors (Lipinski definition) is 4. The minimum Gasteiger partial charge on any atom is -0.385 e. The molecule has 0 amide bonds. The summed E-state index contributed by atoms with van der Waals surface area (Å²) in [7, 11) is 1.73. The van der Waals surface area contributed by atoms with E-state index in [4.69, 9.17) is 4.74 Å². The zero-order valence-electron chi connectivity index (χ0n) is 10.1. The predicted molar refractivity (Wildman–Crippen MR) is 64.2 cm³/mol. The summed E-state index contributed by atoms with van der Waals surface area (Å²) < 4.78 is 5.06. The van der Waals surface area contributed by atoms with Gasteiger partial charge in [-0.2, -0.15) is 0 Å². The van der Waals surface area contributed by atoms with Crippen molar-refractivity contribution in [2.75, 3.05) is 20.3 Å². The van der Waals surface area contributed by atoms with Gasteiger partial charge in [-0.3, -0.25) is 0 Å². The molecule has 0 aliphatic rings. The molecule has 90 valence electrons. The van der Waals surface area contributed by atoms with Crippen molar-refractivity contribution in [1.82, 2.24) is 15.3 Å². The Labute approximate surface area is 97.5 Å². The molecule has 0 aromatic carbocycles. The van der Waals surface area contributed by atoms with Crippen molar-refractivity contribution in [1.29, 1.82) is 0 Å². The number of aromatic nitrogens is 2. The van der Waals surface area contributed by atoms with Gasteiger partial charge in [0, 0.05) is 26.1 Å². The quantitative estimate of drug-likeness (QED) is 0.684. The lowest BCUT2D eigenvalue weighted by molar-refractivity contribution is 0.188. The highest BCUT2D eigenvalue weighted by Gasteiger charge is 2.12. The maximum atomic E-state index is 5.06. The lowest BCUT2D eigenvalue weighted by Gasteiger charge is -2.16. The van der Waals surface area contributed by atoms with E-state index >= 15 is 0 Å². The molecule has 0 aliphatic heterocycles. The third-order valence-electron chi connectivity index (χ3n) is 2.38. The Balaban J connectivity index is 2.49. The summed E-state index contributed by atoms with van der Waals surface area (Å²) in [6.45, 7) is 3.94. The van der Waals surface area contributed by atoms with Gasteiger partial charge in [-0.05, 0) is 31.9 Å². The van der Waals surface area contributed by atoms with Crippen molar-refractivity contribution in [2.45, 2.75) is 32.2 Å². The number of hydrogen-bond donors (Lipinski definition) is 1.